The maximum Gasteiger partial charge on any atom is 0.418 e. The summed E-state index contributed by atoms with van der Waals surface area (Å²) in [6, 6.07) is 9.04. The van der Waals surface area contributed by atoms with Gasteiger partial charge in [-0.25, -0.2) is 0 Å². The molecular formula is C21H21F3N4O4. The summed E-state index contributed by atoms with van der Waals surface area (Å²) >= 11 is 0. The Balaban J connectivity index is 1.56. The van der Waals surface area contributed by atoms with Crippen LogP contribution in [0.4, 0.5) is 24.5 Å². The molecule has 1 aliphatic rings. The van der Waals surface area contributed by atoms with Crippen LogP contribution in [0.15, 0.2) is 42.5 Å². The second-order valence-corrected chi connectivity index (χ2v) is 7.42. The zero-order valence-corrected chi connectivity index (χ0v) is 17.2. The van der Waals surface area contributed by atoms with Crippen molar-refractivity contribution in [1.29, 1.82) is 0 Å². The molecule has 0 spiro atoms. The molecule has 0 aliphatic carbocycles. The lowest BCUT2D eigenvalue weighted by atomic mass is 10.1. The molecule has 1 fully saturated rings. The van der Waals surface area contributed by atoms with Gasteiger partial charge in [-0.15, -0.1) is 0 Å². The third-order valence-electron chi connectivity index (χ3n) is 5.19. The number of nitrogens with one attached hydrogen (secondary N) is 1. The number of hydrogen-bond donors (Lipinski definition) is 1. The van der Waals surface area contributed by atoms with Gasteiger partial charge in [0.2, 0.25) is 5.91 Å². The van der Waals surface area contributed by atoms with E-state index in [0.717, 1.165) is 6.07 Å². The van der Waals surface area contributed by atoms with Crippen molar-refractivity contribution in [1.82, 2.24) is 9.80 Å². The van der Waals surface area contributed by atoms with Crippen molar-refractivity contribution in [3.8, 4) is 0 Å². The molecule has 170 valence electrons. The van der Waals surface area contributed by atoms with Crippen molar-refractivity contribution in [2.75, 3.05) is 38.0 Å². The normalized spacial score (nSPS) is 14.8. The first-order valence-electron chi connectivity index (χ1n) is 9.79. The molecule has 1 heterocycles. The number of amides is 2. The Hall–Kier alpha value is -3.47. The van der Waals surface area contributed by atoms with Gasteiger partial charge in [0.15, 0.2) is 0 Å². The van der Waals surface area contributed by atoms with Crippen LogP contribution in [0.25, 0.3) is 0 Å². The number of nitro groups is 1. The van der Waals surface area contributed by atoms with Crippen LogP contribution in [0.2, 0.25) is 0 Å². The van der Waals surface area contributed by atoms with Crippen LogP contribution in [-0.2, 0) is 11.0 Å². The molecule has 2 aromatic carbocycles. The number of aryl methyl sites for hydroxylation is 1. The molecule has 1 saturated heterocycles. The molecule has 0 unspecified atom stereocenters. The summed E-state index contributed by atoms with van der Waals surface area (Å²) in [7, 11) is 0. The summed E-state index contributed by atoms with van der Waals surface area (Å²) in [6.07, 6.45) is -4.58. The predicted octanol–water partition coefficient (Wildman–Crippen LogP) is 3.32. The number of nitro benzene ring substituents is 1. The van der Waals surface area contributed by atoms with Crippen molar-refractivity contribution in [2.24, 2.45) is 0 Å². The van der Waals surface area contributed by atoms with E-state index in [1.54, 1.807) is 11.8 Å². The summed E-state index contributed by atoms with van der Waals surface area (Å²) in [6.45, 7) is 2.72. The molecule has 11 heteroatoms. The van der Waals surface area contributed by atoms with Gasteiger partial charge >= 0.3 is 6.18 Å². The molecule has 1 aliphatic heterocycles. The Morgan fingerprint density at radius 3 is 2.38 bits per heavy atom. The van der Waals surface area contributed by atoms with Crippen LogP contribution in [0.3, 0.4) is 0 Å². The zero-order valence-electron chi connectivity index (χ0n) is 17.2. The Labute approximate surface area is 181 Å². The highest BCUT2D eigenvalue weighted by molar-refractivity contribution is 5.95. The number of carbonyl (C=O) groups is 2. The topological polar surface area (TPSA) is 95.8 Å². The summed E-state index contributed by atoms with van der Waals surface area (Å²) in [4.78, 5) is 38.8. The number of anilines is 1. The second kappa shape index (κ2) is 9.35. The van der Waals surface area contributed by atoms with Crippen LogP contribution in [0.1, 0.15) is 21.5 Å². The van der Waals surface area contributed by atoms with Crippen molar-refractivity contribution in [3.63, 3.8) is 0 Å². The first kappa shape index (κ1) is 23.2. The number of alkyl halides is 3. The molecule has 0 saturated carbocycles. The Morgan fingerprint density at radius 1 is 1.09 bits per heavy atom. The minimum Gasteiger partial charge on any atom is -0.336 e. The maximum absolute atomic E-state index is 13.1. The average molecular weight is 450 g/mol. The largest absolute Gasteiger partial charge is 0.418 e. The highest BCUT2D eigenvalue weighted by Gasteiger charge is 2.33. The lowest BCUT2D eigenvalue weighted by Gasteiger charge is -2.34. The van der Waals surface area contributed by atoms with Gasteiger partial charge < -0.3 is 10.2 Å². The zero-order chi connectivity index (χ0) is 23.5. The van der Waals surface area contributed by atoms with Gasteiger partial charge in [-0.2, -0.15) is 13.2 Å². The fourth-order valence-electron chi connectivity index (χ4n) is 3.46. The summed E-state index contributed by atoms with van der Waals surface area (Å²) in [5.41, 5.74) is -0.701. The highest BCUT2D eigenvalue weighted by atomic mass is 19.4. The van der Waals surface area contributed by atoms with Gasteiger partial charge in [-0.1, -0.05) is 18.2 Å². The smallest absolute Gasteiger partial charge is 0.336 e. The minimum atomic E-state index is -4.58. The molecular weight excluding hydrogens is 429 g/mol. The van der Waals surface area contributed by atoms with Crippen molar-refractivity contribution >= 4 is 23.2 Å². The van der Waals surface area contributed by atoms with Gasteiger partial charge in [0, 0.05) is 43.4 Å². The van der Waals surface area contributed by atoms with Gasteiger partial charge in [0.25, 0.3) is 11.6 Å². The van der Waals surface area contributed by atoms with E-state index in [1.807, 2.05) is 0 Å². The quantitative estimate of drug-likeness (QED) is 0.557. The van der Waals surface area contributed by atoms with Gasteiger partial charge in [0.1, 0.15) is 0 Å². The summed E-state index contributed by atoms with van der Waals surface area (Å²) in [5.74, 6) is -0.938. The molecule has 8 nitrogen and oxygen atoms in total. The van der Waals surface area contributed by atoms with E-state index in [9.17, 15) is 32.9 Å². The van der Waals surface area contributed by atoms with Gasteiger partial charge in [-0.05, 0) is 25.1 Å². The SMILES string of the molecule is Cc1ccc(C(=O)N2CCN(CC(=O)Nc3ccccc3C(F)(F)F)CC2)cc1[N+](=O)[O-]. The van der Waals surface area contributed by atoms with E-state index < -0.39 is 22.6 Å². The third kappa shape index (κ3) is 5.41. The van der Waals surface area contributed by atoms with Crippen LogP contribution in [0.5, 0.6) is 0 Å². The summed E-state index contributed by atoms with van der Waals surface area (Å²) < 4.78 is 39.2. The molecule has 0 aromatic heterocycles. The van der Waals surface area contributed by atoms with Crippen LogP contribution >= 0.6 is 0 Å². The number of halogens is 3. The fraction of sp³-hybridized carbons (Fsp3) is 0.333. The Kier molecular flexibility index (Phi) is 6.78. The fourth-order valence-corrected chi connectivity index (χ4v) is 3.46. The number of piperazine rings is 1. The van der Waals surface area contributed by atoms with Crippen LogP contribution < -0.4 is 5.32 Å². The lowest BCUT2D eigenvalue weighted by molar-refractivity contribution is -0.385. The number of benzene rings is 2. The standard InChI is InChI=1S/C21H21F3N4O4/c1-14-6-7-15(12-18(14)28(31)32)20(30)27-10-8-26(9-11-27)13-19(29)25-17-5-3-2-4-16(17)21(22,23)24/h2-7,12H,8-11,13H2,1H3,(H,25,29). The summed E-state index contributed by atoms with van der Waals surface area (Å²) in [5, 5.41) is 13.4. The van der Waals surface area contributed by atoms with E-state index in [4.69, 9.17) is 0 Å². The number of nitrogens with zero attached hydrogens (tertiary/aromatic N) is 3. The van der Waals surface area contributed by atoms with Gasteiger partial charge in [-0.3, -0.25) is 24.6 Å². The molecule has 0 radical (unpaired) electrons. The number of para-hydroxylation sites is 1. The van der Waals surface area contributed by atoms with Crippen molar-refractivity contribution in [2.45, 2.75) is 13.1 Å². The lowest BCUT2D eigenvalue weighted by Crippen LogP contribution is -2.50. The van der Waals surface area contributed by atoms with Crippen LogP contribution in [0, 0.1) is 17.0 Å². The molecule has 0 atom stereocenters. The second-order valence-electron chi connectivity index (χ2n) is 7.42. The van der Waals surface area contributed by atoms with E-state index in [-0.39, 0.29) is 42.5 Å². The minimum absolute atomic E-state index is 0.121. The Bertz CT molecular complexity index is 1030. The van der Waals surface area contributed by atoms with Crippen LogP contribution in [-0.4, -0.2) is 59.3 Å². The number of rotatable bonds is 5. The molecule has 3 rings (SSSR count). The monoisotopic (exact) mass is 450 g/mol. The average Bonchev–Trinajstić information content (AvgIpc) is 2.73. The number of hydrogen-bond acceptors (Lipinski definition) is 5. The number of carbonyl (C=O) groups excluding carboxylic acids is 2. The van der Waals surface area contributed by atoms with E-state index in [2.05, 4.69) is 5.32 Å². The van der Waals surface area contributed by atoms with Gasteiger partial charge in [0.05, 0.1) is 22.7 Å². The predicted molar refractivity (Wildman–Crippen MR) is 110 cm³/mol. The van der Waals surface area contributed by atoms with E-state index >= 15 is 0 Å². The molecule has 32 heavy (non-hydrogen) atoms. The van der Waals surface area contributed by atoms with E-state index in [0.29, 0.717) is 18.7 Å². The Morgan fingerprint density at radius 2 is 1.75 bits per heavy atom. The third-order valence-corrected chi connectivity index (χ3v) is 5.19. The molecule has 1 N–H and O–H groups in total. The molecule has 0 bridgehead atoms. The van der Waals surface area contributed by atoms with Crippen molar-refractivity contribution in [3.05, 3.63) is 69.3 Å². The highest BCUT2D eigenvalue weighted by Crippen LogP contribution is 2.34. The molecule has 2 amide bonds. The first-order chi connectivity index (χ1) is 15.1. The van der Waals surface area contributed by atoms with Crippen molar-refractivity contribution < 1.29 is 27.7 Å². The maximum atomic E-state index is 13.1. The van der Waals surface area contributed by atoms with E-state index in [1.165, 1.54) is 41.3 Å². The first-order valence-corrected chi connectivity index (χ1v) is 9.79. The molecule has 2 aromatic rings.